The van der Waals surface area contributed by atoms with E-state index in [1.54, 1.807) is 11.9 Å². The van der Waals surface area contributed by atoms with Crippen LogP contribution >= 0.6 is 0 Å². The number of carbonyl (C=O) groups is 1. The summed E-state index contributed by atoms with van der Waals surface area (Å²) in [5.41, 5.74) is 2.04. The quantitative estimate of drug-likeness (QED) is 0.891. The average Bonchev–Trinajstić information content (AvgIpc) is 2.91. The Bertz CT molecular complexity index is 595. The molecule has 0 fully saturated rings. The standard InChI is InChI=1S/C17H23N3O2/c1-13(9-10-15-7-5-4-6-8-15)18-17(21)20(3)12-16-11-14(2)22-19-16/h4-8,11,13H,9-10,12H2,1-3H3,(H,18,21). The fraction of sp³-hybridized carbons (Fsp3) is 0.412. The Hall–Kier alpha value is -2.30. The van der Waals surface area contributed by atoms with Crippen molar-refractivity contribution in [3.63, 3.8) is 0 Å². The first-order valence-electron chi connectivity index (χ1n) is 7.52. The number of aromatic nitrogens is 1. The maximum atomic E-state index is 12.1. The Balaban J connectivity index is 1.75. The third kappa shape index (κ3) is 4.91. The molecule has 0 bridgehead atoms. The molecule has 0 saturated heterocycles. The molecular weight excluding hydrogens is 278 g/mol. The van der Waals surface area contributed by atoms with E-state index in [9.17, 15) is 4.79 Å². The Morgan fingerprint density at radius 2 is 2.09 bits per heavy atom. The van der Waals surface area contributed by atoms with E-state index in [1.165, 1.54) is 5.56 Å². The van der Waals surface area contributed by atoms with Gasteiger partial charge in [0.2, 0.25) is 0 Å². The maximum absolute atomic E-state index is 12.1. The highest BCUT2D eigenvalue weighted by Crippen LogP contribution is 2.07. The molecule has 2 rings (SSSR count). The number of hydrogen-bond acceptors (Lipinski definition) is 3. The summed E-state index contributed by atoms with van der Waals surface area (Å²) in [6.07, 6.45) is 1.86. The molecule has 1 unspecified atom stereocenters. The topological polar surface area (TPSA) is 58.4 Å². The molecule has 5 heteroatoms. The van der Waals surface area contributed by atoms with Gasteiger partial charge in [-0.2, -0.15) is 0 Å². The average molecular weight is 301 g/mol. The summed E-state index contributed by atoms with van der Waals surface area (Å²) < 4.78 is 5.01. The van der Waals surface area contributed by atoms with Crippen molar-refractivity contribution in [1.29, 1.82) is 0 Å². The van der Waals surface area contributed by atoms with E-state index in [2.05, 4.69) is 22.6 Å². The highest BCUT2D eigenvalue weighted by atomic mass is 16.5. The first-order valence-corrected chi connectivity index (χ1v) is 7.52. The zero-order valence-corrected chi connectivity index (χ0v) is 13.4. The van der Waals surface area contributed by atoms with E-state index in [4.69, 9.17) is 4.52 Å². The smallest absolute Gasteiger partial charge is 0.317 e. The molecule has 0 aliphatic carbocycles. The molecule has 0 radical (unpaired) electrons. The number of urea groups is 1. The van der Waals surface area contributed by atoms with Crippen LogP contribution < -0.4 is 5.32 Å². The lowest BCUT2D eigenvalue weighted by molar-refractivity contribution is 0.201. The van der Waals surface area contributed by atoms with E-state index in [-0.39, 0.29) is 12.1 Å². The highest BCUT2D eigenvalue weighted by Gasteiger charge is 2.13. The first kappa shape index (κ1) is 16.1. The van der Waals surface area contributed by atoms with Gasteiger partial charge in [0.25, 0.3) is 0 Å². The van der Waals surface area contributed by atoms with Crippen LogP contribution in [0.5, 0.6) is 0 Å². The summed E-state index contributed by atoms with van der Waals surface area (Å²) in [6, 6.07) is 12.1. The molecule has 2 amide bonds. The summed E-state index contributed by atoms with van der Waals surface area (Å²) in [6.45, 7) is 4.30. The van der Waals surface area contributed by atoms with Gasteiger partial charge in [0.15, 0.2) is 0 Å². The van der Waals surface area contributed by atoms with E-state index >= 15 is 0 Å². The largest absolute Gasteiger partial charge is 0.361 e. The fourth-order valence-corrected chi connectivity index (χ4v) is 2.23. The molecule has 22 heavy (non-hydrogen) atoms. The molecule has 0 spiro atoms. The lowest BCUT2D eigenvalue weighted by Crippen LogP contribution is -2.41. The zero-order valence-electron chi connectivity index (χ0n) is 13.4. The molecule has 0 saturated carbocycles. The Kier molecular flexibility index (Phi) is 5.58. The Morgan fingerprint density at radius 3 is 2.73 bits per heavy atom. The van der Waals surface area contributed by atoms with Crippen molar-refractivity contribution in [2.75, 3.05) is 7.05 Å². The number of carbonyl (C=O) groups excluding carboxylic acids is 1. The molecule has 1 atom stereocenters. The van der Waals surface area contributed by atoms with Crippen molar-refractivity contribution in [3.8, 4) is 0 Å². The van der Waals surface area contributed by atoms with Gasteiger partial charge in [0.05, 0.1) is 6.54 Å². The van der Waals surface area contributed by atoms with Crippen molar-refractivity contribution in [2.45, 2.75) is 39.3 Å². The lowest BCUT2D eigenvalue weighted by Gasteiger charge is -2.20. The second kappa shape index (κ2) is 7.64. The van der Waals surface area contributed by atoms with Crippen LogP contribution in [0.1, 0.15) is 30.4 Å². The number of nitrogens with one attached hydrogen (secondary N) is 1. The fourth-order valence-electron chi connectivity index (χ4n) is 2.23. The van der Waals surface area contributed by atoms with Crippen molar-refractivity contribution < 1.29 is 9.32 Å². The van der Waals surface area contributed by atoms with Gasteiger partial charge in [-0.25, -0.2) is 4.79 Å². The summed E-state index contributed by atoms with van der Waals surface area (Å²) >= 11 is 0. The maximum Gasteiger partial charge on any atom is 0.317 e. The first-order chi connectivity index (χ1) is 10.5. The van der Waals surface area contributed by atoms with Gasteiger partial charge < -0.3 is 14.7 Å². The molecule has 0 aliphatic heterocycles. The zero-order chi connectivity index (χ0) is 15.9. The summed E-state index contributed by atoms with van der Waals surface area (Å²) in [5.74, 6) is 0.750. The lowest BCUT2D eigenvalue weighted by atomic mass is 10.1. The van der Waals surface area contributed by atoms with Crippen LogP contribution in [0.2, 0.25) is 0 Å². The van der Waals surface area contributed by atoms with Crippen LogP contribution in [0.4, 0.5) is 4.79 Å². The minimum Gasteiger partial charge on any atom is -0.361 e. The van der Waals surface area contributed by atoms with Gasteiger partial charge in [0, 0.05) is 19.2 Å². The van der Waals surface area contributed by atoms with Gasteiger partial charge in [-0.3, -0.25) is 0 Å². The second-order valence-electron chi connectivity index (χ2n) is 5.66. The van der Waals surface area contributed by atoms with Crippen molar-refractivity contribution in [3.05, 3.63) is 53.4 Å². The molecule has 0 aliphatic rings. The molecule has 1 aromatic carbocycles. The Labute approximate surface area is 131 Å². The SMILES string of the molecule is Cc1cc(CN(C)C(=O)NC(C)CCc2ccccc2)no1. The molecule has 1 aromatic heterocycles. The normalized spacial score (nSPS) is 12.0. The summed E-state index contributed by atoms with van der Waals surface area (Å²) in [4.78, 5) is 13.7. The predicted molar refractivity (Wildman–Crippen MR) is 85.5 cm³/mol. The highest BCUT2D eigenvalue weighted by molar-refractivity contribution is 5.74. The van der Waals surface area contributed by atoms with E-state index in [0.29, 0.717) is 6.54 Å². The number of nitrogens with zero attached hydrogens (tertiary/aromatic N) is 2. The van der Waals surface area contributed by atoms with Crippen molar-refractivity contribution in [2.24, 2.45) is 0 Å². The molecule has 118 valence electrons. The predicted octanol–water partition coefficient (Wildman–Crippen LogP) is 3.15. The van der Waals surface area contributed by atoms with Gasteiger partial charge >= 0.3 is 6.03 Å². The van der Waals surface area contributed by atoms with E-state index < -0.39 is 0 Å². The van der Waals surface area contributed by atoms with Crippen LogP contribution in [-0.4, -0.2) is 29.2 Å². The molecular formula is C17H23N3O2. The van der Waals surface area contributed by atoms with Crippen molar-refractivity contribution >= 4 is 6.03 Å². The van der Waals surface area contributed by atoms with Crippen LogP contribution in [-0.2, 0) is 13.0 Å². The summed E-state index contributed by atoms with van der Waals surface area (Å²) in [7, 11) is 1.75. The molecule has 2 aromatic rings. The molecule has 1 heterocycles. The van der Waals surface area contributed by atoms with Crippen molar-refractivity contribution in [1.82, 2.24) is 15.4 Å². The number of amides is 2. The minimum absolute atomic E-state index is 0.0961. The monoisotopic (exact) mass is 301 g/mol. The summed E-state index contributed by atoms with van der Waals surface area (Å²) in [5, 5.41) is 6.90. The number of hydrogen-bond donors (Lipinski definition) is 1. The van der Waals surface area contributed by atoms with E-state index in [0.717, 1.165) is 24.3 Å². The molecule has 5 nitrogen and oxygen atoms in total. The van der Waals surface area contributed by atoms with Gasteiger partial charge in [-0.1, -0.05) is 35.5 Å². The van der Waals surface area contributed by atoms with Gasteiger partial charge in [0.1, 0.15) is 11.5 Å². The minimum atomic E-state index is -0.0961. The third-order valence-electron chi connectivity index (χ3n) is 3.50. The van der Waals surface area contributed by atoms with E-state index in [1.807, 2.05) is 38.1 Å². The van der Waals surface area contributed by atoms with Crippen LogP contribution in [0.15, 0.2) is 40.9 Å². The van der Waals surface area contributed by atoms with Gasteiger partial charge in [-0.05, 0) is 32.3 Å². The Morgan fingerprint density at radius 1 is 1.36 bits per heavy atom. The number of rotatable bonds is 6. The van der Waals surface area contributed by atoms with Crippen LogP contribution in [0, 0.1) is 6.92 Å². The number of aryl methyl sites for hydroxylation is 2. The van der Waals surface area contributed by atoms with Crippen LogP contribution in [0.3, 0.4) is 0 Å². The third-order valence-corrected chi connectivity index (χ3v) is 3.50. The molecule has 1 N–H and O–H groups in total. The van der Waals surface area contributed by atoms with Gasteiger partial charge in [-0.15, -0.1) is 0 Å². The number of benzene rings is 1. The van der Waals surface area contributed by atoms with Crippen LogP contribution in [0.25, 0.3) is 0 Å². The second-order valence-corrected chi connectivity index (χ2v) is 5.66.